The molecule has 3 aromatic rings. The van der Waals surface area contributed by atoms with Crippen molar-refractivity contribution in [1.29, 1.82) is 0 Å². The average Bonchev–Trinajstić information content (AvgIpc) is 3.48. The van der Waals surface area contributed by atoms with Gasteiger partial charge in [-0.15, -0.1) is 10.2 Å². The van der Waals surface area contributed by atoms with Crippen molar-refractivity contribution in [2.24, 2.45) is 5.92 Å². The van der Waals surface area contributed by atoms with E-state index in [2.05, 4.69) is 25.5 Å². The Morgan fingerprint density at radius 3 is 2.84 bits per heavy atom. The van der Waals surface area contributed by atoms with Crippen molar-refractivity contribution in [2.75, 3.05) is 25.6 Å². The van der Waals surface area contributed by atoms with Gasteiger partial charge in [-0.2, -0.15) is 0 Å². The molecule has 1 aliphatic rings. The molecular weight excluding hydrogens is 430 g/mol. The summed E-state index contributed by atoms with van der Waals surface area (Å²) in [6, 6.07) is 9.01. The Bertz CT molecular complexity index is 1070. The first kappa shape index (κ1) is 22.2. The lowest BCUT2D eigenvalue weighted by Gasteiger charge is -2.11. The maximum atomic E-state index is 12.6. The summed E-state index contributed by atoms with van der Waals surface area (Å²) in [7, 11) is 1.62. The number of hydrogen-bond acceptors (Lipinski definition) is 6. The smallest absolute Gasteiger partial charge is 0.294 e. The molecule has 1 saturated carbocycles. The van der Waals surface area contributed by atoms with Crippen molar-refractivity contribution in [2.45, 2.75) is 32.1 Å². The van der Waals surface area contributed by atoms with Gasteiger partial charge in [-0.25, -0.2) is 4.98 Å². The Hall–Kier alpha value is -2.97. The molecule has 32 heavy (non-hydrogen) atoms. The van der Waals surface area contributed by atoms with Crippen LogP contribution in [0.5, 0.6) is 5.75 Å². The molecule has 168 valence electrons. The number of nitrogens with one attached hydrogen (secondary N) is 2. The summed E-state index contributed by atoms with van der Waals surface area (Å²) in [6.07, 6.45) is 7.39. The summed E-state index contributed by atoms with van der Waals surface area (Å²) in [6.45, 7) is 0.933. The zero-order valence-corrected chi connectivity index (χ0v) is 18.7. The number of pyridine rings is 1. The largest absolute Gasteiger partial charge is 0.491 e. The zero-order chi connectivity index (χ0) is 22.3. The number of aromatic nitrogens is 4. The fourth-order valence-electron chi connectivity index (χ4n) is 3.88. The second-order valence-electron chi connectivity index (χ2n) is 7.84. The zero-order valence-electron chi connectivity index (χ0n) is 17.9. The fourth-order valence-corrected chi connectivity index (χ4v) is 4.11. The second-order valence-corrected chi connectivity index (χ2v) is 8.25. The van der Waals surface area contributed by atoms with E-state index in [1.807, 2.05) is 12.1 Å². The molecule has 1 fully saturated rings. The summed E-state index contributed by atoms with van der Waals surface area (Å²) < 4.78 is 10.7. The van der Waals surface area contributed by atoms with E-state index in [9.17, 15) is 4.79 Å². The van der Waals surface area contributed by atoms with Crippen molar-refractivity contribution in [3.8, 4) is 16.9 Å². The molecule has 2 aromatic heterocycles. The third kappa shape index (κ3) is 5.63. The van der Waals surface area contributed by atoms with E-state index in [4.69, 9.17) is 21.1 Å². The lowest BCUT2D eigenvalue weighted by molar-refractivity contribution is 0.101. The normalized spacial score (nSPS) is 13.9. The molecule has 0 radical (unpaired) electrons. The van der Waals surface area contributed by atoms with E-state index in [0.717, 1.165) is 23.4 Å². The van der Waals surface area contributed by atoms with Crippen molar-refractivity contribution < 1.29 is 14.3 Å². The molecule has 1 aromatic carbocycles. The Morgan fingerprint density at radius 2 is 2.03 bits per heavy atom. The first-order valence-corrected chi connectivity index (χ1v) is 11.1. The lowest BCUT2D eigenvalue weighted by Crippen LogP contribution is -2.15. The Morgan fingerprint density at radius 1 is 1.19 bits per heavy atom. The number of H-pyrrole nitrogens is 1. The third-order valence-electron chi connectivity index (χ3n) is 5.51. The molecule has 1 aliphatic carbocycles. The van der Waals surface area contributed by atoms with Gasteiger partial charge in [0.25, 0.3) is 5.91 Å². The van der Waals surface area contributed by atoms with Crippen LogP contribution in [-0.2, 0) is 11.2 Å². The number of ether oxygens (including phenoxy) is 2. The van der Waals surface area contributed by atoms with Gasteiger partial charge in [0, 0.05) is 30.3 Å². The maximum absolute atomic E-state index is 12.6. The van der Waals surface area contributed by atoms with Crippen molar-refractivity contribution in [3.63, 3.8) is 0 Å². The van der Waals surface area contributed by atoms with Gasteiger partial charge in [-0.3, -0.25) is 4.79 Å². The predicted octanol–water partition coefficient (Wildman–Crippen LogP) is 4.53. The SMILES string of the molecule is COCCOc1ccc(Cl)c(-c2ccnc(NC(=O)c3nnc(CC4CCCC4)[nH]3)c2)c1. The topological polar surface area (TPSA) is 102 Å². The summed E-state index contributed by atoms with van der Waals surface area (Å²) in [5, 5.41) is 11.5. The molecular formula is C23H26ClN5O3. The maximum Gasteiger partial charge on any atom is 0.294 e. The summed E-state index contributed by atoms with van der Waals surface area (Å²) in [4.78, 5) is 19.9. The standard InChI is InChI=1S/C23H26ClN5O3/c1-31-10-11-32-17-6-7-19(24)18(14-17)16-8-9-25-20(13-16)27-23(30)22-26-21(28-29-22)12-15-4-2-3-5-15/h6-9,13-15H,2-5,10-12H2,1H3,(H,25,27,30)(H,26,28,29). The molecule has 2 heterocycles. The van der Waals surface area contributed by atoms with Crippen LogP contribution >= 0.6 is 11.6 Å². The molecule has 0 spiro atoms. The third-order valence-corrected chi connectivity index (χ3v) is 5.84. The number of carbonyl (C=O) groups is 1. The van der Waals surface area contributed by atoms with Gasteiger partial charge in [-0.05, 0) is 41.8 Å². The Kier molecular flexibility index (Phi) is 7.34. The van der Waals surface area contributed by atoms with Crippen LogP contribution < -0.4 is 10.1 Å². The van der Waals surface area contributed by atoms with Crippen LogP contribution in [0.4, 0.5) is 5.82 Å². The fraction of sp³-hybridized carbons (Fsp3) is 0.391. The van der Waals surface area contributed by atoms with Crippen LogP contribution in [0.1, 0.15) is 42.1 Å². The lowest BCUT2D eigenvalue weighted by atomic mass is 10.0. The molecule has 8 nitrogen and oxygen atoms in total. The van der Waals surface area contributed by atoms with E-state index in [0.29, 0.717) is 35.7 Å². The van der Waals surface area contributed by atoms with Crippen molar-refractivity contribution in [1.82, 2.24) is 20.2 Å². The Balaban J connectivity index is 1.44. The number of anilines is 1. The number of rotatable bonds is 9. The minimum absolute atomic E-state index is 0.178. The number of nitrogens with zero attached hydrogens (tertiary/aromatic N) is 3. The number of aromatic amines is 1. The molecule has 0 aliphatic heterocycles. The van der Waals surface area contributed by atoms with E-state index in [1.165, 1.54) is 25.7 Å². The van der Waals surface area contributed by atoms with Crippen LogP contribution in [0.3, 0.4) is 0 Å². The minimum atomic E-state index is -0.387. The highest BCUT2D eigenvalue weighted by atomic mass is 35.5. The van der Waals surface area contributed by atoms with Gasteiger partial charge in [0.05, 0.1) is 6.61 Å². The van der Waals surface area contributed by atoms with Crippen LogP contribution in [0.15, 0.2) is 36.5 Å². The molecule has 0 bridgehead atoms. The van der Waals surface area contributed by atoms with Crippen molar-refractivity contribution in [3.05, 3.63) is 53.2 Å². The highest BCUT2D eigenvalue weighted by Crippen LogP contribution is 2.32. The summed E-state index contributed by atoms with van der Waals surface area (Å²) in [5.74, 6) is 2.24. The molecule has 0 atom stereocenters. The van der Waals surface area contributed by atoms with E-state index in [-0.39, 0.29) is 11.7 Å². The quantitative estimate of drug-likeness (QED) is 0.459. The molecule has 0 saturated heterocycles. The number of carbonyl (C=O) groups excluding carboxylic acids is 1. The van der Waals surface area contributed by atoms with Gasteiger partial charge in [0.1, 0.15) is 24.0 Å². The summed E-state index contributed by atoms with van der Waals surface area (Å²) >= 11 is 6.41. The highest BCUT2D eigenvalue weighted by Gasteiger charge is 2.19. The second kappa shape index (κ2) is 10.6. The number of hydrogen-bond donors (Lipinski definition) is 2. The molecule has 2 N–H and O–H groups in total. The van der Waals surface area contributed by atoms with Gasteiger partial charge in [0.2, 0.25) is 5.82 Å². The van der Waals surface area contributed by atoms with Crippen LogP contribution in [0.25, 0.3) is 11.1 Å². The van der Waals surface area contributed by atoms with Crippen LogP contribution in [0, 0.1) is 5.92 Å². The van der Waals surface area contributed by atoms with Crippen LogP contribution in [0.2, 0.25) is 5.02 Å². The average molecular weight is 456 g/mol. The monoisotopic (exact) mass is 455 g/mol. The first-order chi connectivity index (χ1) is 15.6. The van der Waals surface area contributed by atoms with E-state index < -0.39 is 0 Å². The molecule has 4 rings (SSSR count). The van der Waals surface area contributed by atoms with Gasteiger partial charge in [0.15, 0.2) is 0 Å². The molecule has 1 amide bonds. The van der Waals surface area contributed by atoms with Gasteiger partial charge in [-0.1, -0.05) is 37.3 Å². The van der Waals surface area contributed by atoms with Crippen molar-refractivity contribution >= 4 is 23.3 Å². The summed E-state index contributed by atoms with van der Waals surface area (Å²) in [5.41, 5.74) is 1.58. The Labute approximate surface area is 191 Å². The molecule has 9 heteroatoms. The number of benzene rings is 1. The number of amides is 1. The van der Waals surface area contributed by atoms with Gasteiger partial charge >= 0.3 is 0 Å². The number of halogens is 1. The van der Waals surface area contributed by atoms with E-state index >= 15 is 0 Å². The minimum Gasteiger partial charge on any atom is -0.491 e. The molecule has 0 unspecified atom stereocenters. The number of methoxy groups -OCH3 is 1. The van der Waals surface area contributed by atoms with E-state index in [1.54, 1.807) is 31.5 Å². The van der Waals surface area contributed by atoms with Crippen LogP contribution in [-0.4, -0.2) is 46.4 Å². The first-order valence-electron chi connectivity index (χ1n) is 10.7. The van der Waals surface area contributed by atoms with Gasteiger partial charge < -0.3 is 19.8 Å². The predicted molar refractivity (Wildman–Crippen MR) is 122 cm³/mol. The highest BCUT2D eigenvalue weighted by molar-refractivity contribution is 6.33.